The number of aryl methyl sites for hydroxylation is 3. The molecule has 0 spiro atoms. The van der Waals surface area contributed by atoms with Crippen molar-refractivity contribution in [2.24, 2.45) is 5.73 Å². The third-order valence-electron chi connectivity index (χ3n) is 4.20. The molecule has 1 aromatic carbocycles. The molecule has 0 saturated carbocycles. The molecule has 2 aromatic rings. The van der Waals surface area contributed by atoms with Crippen LogP contribution in [0.3, 0.4) is 0 Å². The molecule has 2 N–H and O–H groups in total. The largest absolute Gasteiger partial charge is 0.323 e. The van der Waals surface area contributed by atoms with Crippen molar-refractivity contribution in [2.45, 2.75) is 51.0 Å². The molecular formula is C18H23NS. The highest BCUT2D eigenvalue weighted by Gasteiger charge is 2.16. The molecular weight excluding hydrogens is 262 g/mol. The van der Waals surface area contributed by atoms with Gasteiger partial charge in [0, 0.05) is 15.8 Å². The Balaban J connectivity index is 1.54. The van der Waals surface area contributed by atoms with Gasteiger partial charge in [-0.2, -0.15) is 0 Å². The molecule has 2 heteroatoms. The molecule has 106 valence electrons. The van der Waals surface area contributed by atoms with Crippen molar-refractivity contribution in [1.29, 1.82) is 0 Å². The monoisotopic (exact) mass is 285 g/mol. The van der Waals surface area contributed by atoms with Crippen LogP contribution in [0.2, 0.25) is 0 Å². The van der Waals surface area contributed by atoms with Gasteiger partial charge in [-0.1, -0.05) is 30.3 Å². The quantitative estimate of drug-likeness (QED) is 0.850. The Morgan fingerprint density at radius 2 is 1.90 bits per heavy atom. The molecule has 0 saturated heterocycles. The molecule has 1 aliphatic carbocycles. The second-order valence-corrected chi connectivity index (χ2v) is 6.96. The van der Waals surface area contributed by atoms with Crippen LogP contribution in [0, 0.1) is 0 Å². The fraction of sp³-hybridized carbons (Fsp3) is 0.444. The lowest BCUT2D eigenvalue weighted by molar-refractivity contribution is 0.619. The third-order valence-corrected chi connectivity index (χ3v) is 5.57. The van der Waals surface area contributed by atoms with Gasteiger partial charge in [0.1, 0.15) is 0 Å². The average Bonchev–Trinajstić information content (AvgIpc) is 2.92. The SMILES string of the molecule is NC(CCCc1ccccc1)c1cc2c(s1)CCCC2. The molecule has 1 atom stereocenters. The van der Waals surface area contributed by atoms with E-state index in [-0.39, 0.29) is 6.04 Å². The maximum absolute atomic E-state index is 6.38. The molecule has 1 heterocycles. The van der Waals surface area contributed by atoms with Crippen molar-refractivity contribution in [2.75, 3.05) is 0 Å². The molecule has 0 bridgehead atoms. The second kappa shape index (κ2) is 6.55. The van der Waals surface area contributed by atoms with E-state index in [1.54, 1.807) is 10.4 Å². The van der Waals surface area contributed by atoms with Gasteiger partial charge in [-0.3, -0.25) is 0 Å². The Bertz CT molecular complexity index is 520. The van der Waals surface area contributed by atoms with Crippen molar-refractivity contribution in [3.8, 4) is 0 Å². The van der Waals surface area contributed by atoms with E-state index in [2.05, 4.69) is 36.4 Å². The fourth-order valence-electron chi connectivity index (χ4n) is 3.01. The van der Waals surface area contributed by atoms with Gasteiger partial charge in [0.15, 0.2) is 0 Å². The van der Waals surface area contributed by atoms with Crippen molar-refractivity contribution in [3.63, 3.8) is 0 Å². The Labute approximate surface area is 125 Å². The summed E-state index contributed by atoms with van der Waals surface area (Å²) in [5, 5.41) is 0. The molecule has 3 rings (SSSR count). The number of nitrogens with two attached hydrogens (primary N) is 1. The van der Waals surface area contributed by atoms with E-state index in [1.807, 2.05) is 11.3 Å². The van der Waals surface area contributed by atoms with Gasteiger partial charge in [-0.25, -0.2) is 0 Å². The first-order chi connectivity index (χ1) is 9.83. The lowest BCUT2D eigenvalue weighted by Gasteiger charge is -2.09. The zero-order valence-corrected chi connectivity index (χ0v) is 12.8. The van der Waals surface area contributed by atoms with Crippen LogP contribution in [-0.4, -0.2) is 0 Å². The maximum atomic E-state index is 6.38. The average molecular weight is 285 g/mol. The summed E-state index contributed by atoms with van der Waals surface area (Å²) < 4.78 is 0. The topological polar surface area (TPSA) is 26.0 Å². The molecule has 0 fully saturated rings. The van der Waals surface area contributed by atoms with Crippen molar-refractivity contribution >= 4 is 11.3 Å². The number of fused-ring (bicyclic) bond motifs is 1. The standard InChI is InChI=1S/C18H23NS/c19-16(11-6-9-14-7-2-1-3-8-14)18-13-15-10-4-5-12-17(15)20-18/h1-3,7-8,13,16H,4-6,9-12,19H2. The summed E-state index contributed by atoms with van der Waals surface area (Å²) in [6.45, 7) is 0. The van der Waals surface area contributed by atoms with Crippen LogP contribution in [0.15, 0.2) is 36.4 Å². The second-order valence-electron chi connectivity index (χ2n) is 5.79. The summed E-state index contributed by atoms with van der Waals surface area (Å²) in [6.07, 6.45) is 8.66. The summed E-state index contributed by atoms with van der Waals surface area (Å²) >= 11 is 1.96. The van der Waals surface area contributed by atoms with Gasteiger partial charge in [-0.05, 0) is 62.1 Å². The molecule has 0 radical (unpaired) electrons. The Kier molecular flexibility index (Phi) is 4.54. The zero-order chi connectivity index (χ0) is 13.8. The van der Waals surface area contributed by atoms with Crippen molar-refractivity contribution in [1.82, 2.24) is 0 Å². The van der Waals surface area contributed by atoms with E-state index in [0.717, 1.165) is 12.8 Å². The predicted molar refractivity (Wildman–Crippen MR) is 87.3 cm³/mol. The minimum Gasteiger partial charge on any atom is -0.323 e. The number of thiophene rings is 1. The third kappa shape index (κ3) is 3.31. The molecule has 1 nitrogen and oxygen atoms in total. The molecule has 0 amide bonds. The Morgan fingerprint density at radius 3 is 2.70 bits per heavy atom. The molecule has 0 aliphatic heterocycles. The highest BCUT2D eigenvalue weighted by molar-refractivity contribution is 7.12. The first-order valence-electron chi connectivity index (χ1n) is 7.74. The van der Waals surface area contributed by atoms with Crippen LogP contribution in [0.1, 0.15) is 52.6 Å². The Morgan fingerprint density at radius 1 is 1.10 bits per heavy atom. The summed E-state index contributed by atoms with van der Waals surface area (Å²) in [6, 6.07) is 13.3. The minimum atomic E-state index is 0.231. The summed E-state index contributed by atoms with van der Waals surface area (Å²) in [5.74, 6) is 0. The Hall–Kier alpha value is -1.12. The van der Waals surface area contributed by atoms with Gasteiger partial charge in [0.05, 0.1) is 0 Å². The van der Waals surface area contributed by atoms with Crippen LogP contribution in [-0.2, 0) is 19.3 Å². The van der Waals surface area contributed by atoms with Crippen molar-refractivity contribution in [3.05, 3.63) is 57.3 Å². The lowest BCUT2D eigenvalue weighted by atomic mass is 9.98. The number of hydrogen-bond donors (Lipinski definition) is 1. The zero-order valence-electron chi connectivity index (χ0n) is 12.0. The van der Waals surface area contributed by atoms with Crippen LogP contribution < -0.4 is 5.73 Å². The molecule has 1 unspecified atom stereocenters. The van der Waals surface area contributed by atoms with Crippen LogP contribution in [0.5, 0.6) is 0 Å². The van der Waals surface area contributed by atoms with Crippen molar-refractivity contribution < 1.29 is 0 Å². The number of benzene rings is 1. The van der Waals surface area contributed by atoms with E-state index in [9.17, 15) is 0 Å². The number of rotatable bonds is 5. The van der Waals surface area contributed by atoms with Crippen LogP contribution >= 0.6 is 11.3 Å². The first kappa shape index (κ1) is 13.8. The first-order valence-corrected chi connectivity index (χ1v) is 8.55. The molecule has 20 heavy (non-hydrogen) atoms. The van der Waals surface area contributed by atoms with E-state index in [1.165, 1.54) is 42.5 Å². The maximum Gasteiger partial charge on any atom is 0.0390 e. The van der Waals surface area contributed by atoms with E-state index in [4.69, 9.17) is 5.73 Å². The van der Waals surface area contributed by atoms with Gasteiger partial charge in [-0.15, -0.1) is 11.3 Å². The van der Waals surface area contributed by atoms with E-state index >= 15 is 0 Å². The fourth-order valence-corrected chi connectivity index (χ4v) is 4.30. The number of hydrogen-bond acceptors (Lipinski definition) is 2. The van der Waals surface area contributed by atoms with E-state index in [0.29, 0.717) is 0 Å². The predicted octanol–water partition coefficient (Wildman–Crippen LogP) is 4.65. The summed E-state index contributed by atoms with van der Waals surface area (Å²) in [5.41, 5.74) is 9.38. The normalized spacial score (nSPS) is 15.8. The molecule has 1 aromatic heterocycles. The van der Waals surface area contributed by atoms with Gasteiger partial charge < -0.3 is 5.73 Å². The van der Waals surface area contributed by atoms with Gasteiger partial charge >= 0.3 is 0 Å². The summed E-state index contributed by atoms with van der Waals surface area (Å²) in [4.78, 5) is 3.01. The smallest absolute Gasteiger partial charge is 0.0390 e. The lowest BCUT2D eigenvalue weighted by Crippen LogP contribution is -2.08. The van der Waals surface area contributed by atoms with Crippen LogP contribution in [0.4, 0.5) is 0 Å². The van der Waals surface area contributed by atoms with Gasteiger partial charge in [0.2, 0.25) is 0 Å². The van der Waals surface area contributed by atoms with E-state index < -0.39 is 0 Å². The minimum absolute atomic E-state index is 0.231. The molecule has 1 aliphatic rings. The van der Waals surface area contributed by atoms with Crippen LogP contribution in [0.25, 0.3) is 0 Å². The highest BCUT2D eigenvalue weighted by atomic mass is 32.1. The van der Waals surface area contributed by atoms with Gasteiger partial charge in [0.25, 0.3) is 0 Å². The highest BCUT2D eigenvalue weighted by Crippen LogP contribution is 2.33. The summed E-state index contributed by atoms with van der Waals surface area (Å²) in [7, 11) is 0.